The Morgan fingerprint density at radius 1 is 1.04 bits per heavy atom. The fraction of sp³-hybridized carbons (Fsp3) is 0.0435. The summed E-state index contributed by atoms with van der Waals surface area (Å²) < 4.78 is 5.47. The number of fused-ring (bicyclic) bond motifs is 1. The molecule has 1 fully saturated rings. The fourth-order valence-electron chi connectivity index (χ4n) is 2.81. The smallest absolute Gasteiger partial charge is 0.264 e. The Hall–Kier alpha value is -3.31. The summed E-state index contributed by atoms with van der Waals surface area (Å²) in [7, 11) is 0. The van der Waals surface area contributed by atoms with Crippen LogP contribution in [-0.2, 0) is 4.79 Å². The molecule has 3 aromatic carbocycles. The molecular weight excluding hydrogens is 368 g/mol. The zero-order valence-corrected chi connectivity index (χ0v) is 15.9. The monoisotopic (exact) mass is 386 g/mol. The minimum atomic E-state index is -0.142. The van der Waals surface area contributed by atoms with Crippen LogP contribution in [-0.4, -0.2) is 17.7 Å². The second-order valence-electron chi connectivity index (χ2n) is 6.18. The third-order valence-electron chi connectivity index (χ3n) is 4.16. The molecule has 0 unspecified atom stereocenters. The minimum absolute atomic E-state index is 0.142. The van der Waals surface area contributed by atoms with Crippen LogP contribution in [0.15, 0.2) is 89.3 Å². The summed E-state index contributed by atoms with van der Waals surface area (Å²) in [5.74, 6) is 0.626. The molecule has 0 atom stereocenters. The molecule has 1 N–H and O–H groups in total. The second kappa shape index (κ2) is 8.15. The molecule has 0 bridgehead atoms. The van der Waals surface area contributed by atoms with E-state index in [0.717, 1.165) is 27.8 Å². The van der Waals surface area contributed by atoms with Crippen molar-refractivity contribution in [3.63, 3.8) is 0 Å². The topological polar surface area (TPSA) is 50.7 Å². The molecule has 1 aliphatic rings. The molecule has 5 heteroatoms. The van der Waals surface area contributed by atoms with E-state index >= 15 is 0 Å². The van der Waals surface area contributed by atoms with Crippen molar-refractivity contribution < 1.29 is 9.53 Å². The van der Waals surface area contributed by atoms with Gasteiger partial charge in [-0.1, -0.05) is 55.1 Å². The number of nitrogens with one attached hydrogen (secondary N) is 1. The van der Waals surface area contributed by atoms with Crippen molar-refractivity contribution >= 4 is 45.4 Å². The summed E-state index contributed by atoms with van der Waals surface area (Å²) >= 11 is 1.34. The van der Waals surface area contributed by atoms with Crippen molar-refractivity contribution in [3.8, 4) is 5.75 Å². The standard InChI is InChI=1S/C23H18N2O2S/c1-2-13-27-20-11-7-16(8-12-20)14-21-22(26)25-23(28-21)24-19-10-9-17-5-3-4-6-18(17)15-19/h2-12,14-15H,1,13H2,(H,24,25,26)/b21-14-. The summed E-state index contributed by atoms with van der Waals surface area (Å²) in [6.45, 7) is 4.09. The predicted molar refractivity (Wildman–Crippen MR) is 117 cm³/mol. The first-order valence-corrected chi connectivity index (χ1v) is 9.65. The molecule has 4 nitrogen and oxygen atoms in total. The first-order valence-electron chi connectivity index (χ1n) is 8.83. The SMILES string of the molecule is C=CCOc1ccc(/C=C2\SC(=Nc3ccc4ccccc4c3)NC2=O)cc1. The van der Waals surface area contributed by atoms with Gasteiger partial charge in [-0.2, -0.15) is 0 Å². The van der Waals surface area contributed by atoms with Crippen LogP contribution in [0, 0.1) is 0 Å². The van der Waals surface area contributed by atoms with Gasteiger partial charge in [-0.3, -0.25) is 4.79 Å². The van der Waals surface area contributed by atoms with Gasteiger partial charge in [-0.25, -0.2) is 4.99 Å². The highest BCUT2D eigenvalue weighted by Crippen LogP contribution is 2.29. The first-order chi connectivity index (χ1) is 13.7. The number of rotatable bonds is 5. The lowest BCUT2D eigenvalue weighted by atomic mass is 10.1. The highest BCUT2D eigenvalue weighted by molar-refractivity contribution is 8.18. The predicted octanol–water partition coefficient (Wildman–Crippen LogP) is 5.30. The number of carbonyl (C=O) groups is 1. The van der Waals surface area contributed by atoms with E-state index in [1.165, 1.54) is 11.8 Å². The van der Waals surface area contributed by atoms with Crippen LogP contribution >= 0.6 is 11.8 Å². The van der Waals surface area contributed by atoms with Crippen molar-refractivity contribution in [3.05, 3.63) is 89.9 Å². The van der Waals surface area contributed by atoms with Crippen LogP contribution in [0.3, 0.4) is 0 Å². The van der Waals surface area contributed by atoms with Gasteiger partial charge in [0.2, 0.25) is 0 Å². The lowest BCUT2D eigenvalue weighted by Crippen LogP contribution is -2.19. The number of amidine groups is 1. The van der Waals surface area contributed by atoms with Gasteiger partial charge < -0.3 is 10.1 Å². The van der Waals surface area contributed by atoms with Crippen molar-refractivity contribution in [2.45, 2.75) is 0 Å². The number of benzene rings is 3. The van der Waals surface area contributed by atoms with Crippen molar-refractivity contribution in [1.82, 2.24) is 5.32 Å². The summed E-state index contributed by atoms with van der Waals surface area (Å²) in [5.41, 5.74) is 1.74. The van der Waals surface area contributed by atoms with Crippen LogP contribution in [0.1, 0.15) is 5.56 Å². The number of ether oxygens (including phenoxy) is 1. The number of hydrogen-bond acceptors (Lipinski definition) is 4. The lowest BCUT2D eigenvalue weighted by molar-refractivity contribution is -0.115. The van der Waals surface area contributed by atoms with Gasteiger partial charge in [0.1, 0.15) is 12.4 Å². The van der Waals surface area contributed by atoms with E-state index in [0.29, 0.717) is 16.7 Å². The summed E-state index contributed by atoms with van der Waals surface area (Å²) in [4.78, 5) is 17.5. The average molecular weight is 386 g/mol. The molecular formula is C23H18N2O2S. The van der Waals surface area contributed by atoms with Crippen molar-refractivity contribution in [2.24, 2.45) is 4.99 Å². The van der Waals surface area contributed by atoms with Gasteiger partial charge in [0, 0.05) is 0 Å². The maximum Gasteiger partial charge on any atom is 0.264 e. The van der Waals surface area contributed by atoms with Gasteiger partial charge in [0.05, 0.1) is 10.6 Å². The molecule has 4 rings (SSSR count). The number of thioether (sulfide) groups is 1. The number of nitrogens with zero attached hydrogens (tertiary/aromatic N) is 1. The maximum absolute atomic E-state index is 12.3. The second-order valence-corrected chi connectivity index (χ2v) is 7.21. The van der Waals surface area contributed by atoms with Gasteiger partial charge in [0.25, 0.3) is 5.91 Å². The van der Waals surface area contributed by atoms with E-state index in [1.54, 1.807) is 6.08 Å². The largest absolute Gasteiger partial charge is 0.490 e. The molecule has 1 saturated heterocycles. The summed E-state index contributed by atoms with van der Waals surface area (Å²) in [5, 5.41) is 5.69. The Kier molecular flexibility index (Phi) is 5.26. The van der Waals surface area contributed by atoms with Crippen molar-refractivity contribution in [1.29, 1.82) is 0 Å². The molecule has 1 heterocycles. The Labute approximate surface area is 167 Å². The molecule has 1 aliphatic heterocycles. The Morgan fingerprint density at radius 2 is 1.82 bits per heavy atom. The van der Waals surface area contributed by atoms with Gasteiger partial charge in [-0.05, 0) is 58.4 Å². The van der Waals surface area contributed by atoms with E-state index in [-0.39, 0.29) is 5.91 Å². The van der Waals surface area contributed by atoms with Gasteiger partial charge in [-0.15, -0.1) is 0 Å². The van der Waals surface area contributed by atoms with Gasteiger partial charge >= 0.3 is 0 Å². The summed E-state index contributed by atoms with van der Waals surface area (Å²) in [6, 6.07) is 21.7. The quantitative estimate of drug-likeness (QED) is 0.478. The number of aliphatic imine (C=N–C) groups is 1. The Morgan fingerprint density at radius 3 is 2.61 bits per heavy atom. The van der Waals surface area contributed by atoms with Crippen LogP contribution in [0.5, 0.6) is 5.75 Å². The average Bonchev–Trinajstić information content (AvgIpc) is 3.06. The third kappa shape index (κ3) is 4.15. The van der Waals surface area contributed by atoms with Crippen LogP contribution in [0.25, 0.3) is 16.8 Å². The zero-order valence-electron chi connectivity index (χ0n) is 15.1. The molecule has 0 aromatic heterocycles. The fourth-order valence-corrected chi connectivity index (χ4v) is 3.65. The molecule has 0 radical (unpaired) electrons. The normalized spacial score (nSPS) is 16.5. The molecule has 1 amide bonds. The highest BCUT2D eigenvalue weighted by Gasteiger charge is 2.23. The molecule has 138 valence electrons. The van der Waals surface area contributed by atoms with E-state index in [2.05, 4.69) is 23.0 Å². The van der Waals surface area contributed by atoms with Crippen LogP contribution in [0.2, 0.25) is 0 Å². The minimum Gasteiger partial charge on any atom is -0.490 e. The maximum atomic E-state index is 12.3. The van der Waals surface area contributed by atoms with Crippen LogP contribution in [0.4, 0.5) is 5.69 Å². The highest BCUT2D eigenvalue weighted by atomic mass is 32.2. The van der Waals surface area contributed by atoms with E-state index in [4.69, 9.17) is 4.74 Å². The third-order valence-corrected chi connectivity index (χ3v) is 5.07. The van der Waals surface area contributed by atoms with Gasteiger partial charge in [0.15, 0.2) is 5.17 Å². The molecule has 28 heavy (non-hydrogen) atoms. The zero-order chi connectivity index (χ0) is 19.3. The number of hydrogen-bond donors (Lipinski definition) is 1. The first kappa shape index (κ1) is 18.1. The lowest BCUT2D eigenvalue weighted by Gasteiger charge is -2.03. The van der Waals surface area contributed by atoms with E-state index in [9.17, 15) is 4.79 Å². The Bertz CT molecular complexity index is 1100. The van der Waals surface area contributed by atoms with Crippen LogP contribution < -0.4 is 10.1 Å². The van der Waals surface area contributed by atoms with E-state index < -0.39 is 0 Å². The molecule has 3 aromatic rings. The Balaban J connectivity index is 1.51. The van der Waals surface area contributed by atoms with Crippen molar-refractivity contribution in [2.75, 3.05) is 6.61 Å². The summed E-state index contributed by atoms with van der Waals surface area (Å²) in [6.07, 6.45) is 3.55. The molecule has 0 aliphatic carbocycles. The molecule has 0 saturated carbocycles. The number of carbonyl (C=O) groups excluding carboxylic acids is 1. The molecule has 0 spiro atoms. The van der Waals surface area contributed by atoms with E-state index in [1.807, 2.05) is 66.7 Å². The number of amides is 1.